The molecule has 0 fully saturated rings. The Balaban J connectivity index is 0.954. The Morgan fingerprint density at radius 3 is 2.36 bits per heavy atom. The zero-order valence-electron chi connectivity index (χ0n) is 30.8. The average Bonchev–Trinajstić information content (AvgIpc) is 3.57. The van der Waals surface area contributed by atoms with E-state index in [9.17, 15) is 9.00 Å². The topological polar surface area (TPSA) is 90.0 Å². The smallest absolute Gasteiger partial charge is 0.238 e. The van der Waals surface area contributed by atoms with Crippen molar-refractivity contribution in [1.82, 2.24) is 14.6 Å². The molecule has 3 heterocycles. The Morgan fingerprint density at radius 1 is 0.893 bits per heavy atom. The first kappa shape index (κ1) is 38.2. The van der Waals surface area contributed by atoms with Crippen molar-refractivity contribution in [3.8, 4) is 28.4 Å². The van der Waals surface area contributed by atoms with E-state index >= 15 is 0 Å². The number of carbonyl (C=O) groups excluding carboxylic acids is 1. The van der Waals surface area contributed by atoms with Gasteiger partial charge in [-0.05, 0) is 102 Å². The number of nitrogens with one attached hydrogen (secondary N) is 1. The Kier molecular flexibility index (Phi) is 11.5. The van der Waals surface area contributed by atoms with Gasteiger partial charge in [0, 0.05) is 13.1 Å². The number of aryl methyl sites for hydroxylation is 2. The van der Waals surface area contributed by atoms with E-state index in [1.807, 2.05) is 74.5 Å². The normalized spacial score (nSPS) is 16.9. The van der Waals surface area contributed by atoms with Crippen LogP contribution < -0.4 is 19.5 Å². The quantitative estimate of drug-likeness (QED) is 0.140. The first-order chi connectivity index (χ1) is 27.2. The van der Waals surface area contributed by atoms with Gasteiger partial charge in [0.25, 0.3) is 0 Å². The summed E-state index contributed by atoms with van der Waals surface area (Å²) in [6.45, 7) is 5.20. The summed E-state index contributed by atoms with van der Waals surface area (Å²) in [7, 11) is -1.61. The summed E-state index contributed by atoms with van der Waals surface area (Å²) in [5, 5.41) is 4.97. The number of hydrogen-bond donors (Lipinski definition) is 1. The minimum absolute atomic E-state index is 0.164. The highest BCUT2D eigenvalue weighted by Gasteiger charge is 2.38. The lowest BCUT2D eigenvalue weighted by molar-refractivity contribution is -0.125. The van der Waals surface area contributed by atoms with E-state index in [1.165, 1.54) is 11.3 Å². The van der Waals surface area contributed by atoms with Crippen LogP contribution in [0.15, 0.2) is 113 Å². The highest BCUT2D eigenvalue weighted by molar-refractivity contribution is 7.85. The SMILES string of the molecule is Cc1nc(C)c(S(=O)N2Cc3cc4c(cc3CC2C(=O)NCCc2ccc(-c3ccccc3)cc2)OCC(c2ccc(OCc3ccc(Cl)c(Cl)c3)cc2)O4)s1. The minimum atomic E-state index is -1.61. The maximum atomic E-state index is 14.3. The third kappa shape index (κ3) is 8.50. The second kappa shape index (κ2) is 16.8. The van der Waals surface area contributed by atoms with Gasteiger partial charge in [-0.25, -0.2) is 13.5 Å². The fourth-order valence-corrected chi connectivity index (χ4v) is 10.1. The van der Waals surface area contributed by atoms with E-state index < -0.39 is 17.0 Å². The number of thiazole rings is 1. The number of rotatable bonds is 11. The highest BCUT2D eigenvalue weighted by Crippen LogP contribution is 2.42. The number of ether oxygens (including phenoxy) is 3. The molecule has 8 nitrogen and oxygen atoms in total. The van der Waals surface area contributed by atoms with E-state index in [0.29, 0.717) is 76.3 Å². The molecule has 5 aromatic carbocycles. The van der Waals surface area contributed by atoms with Crippen LogP contribution in [0.1, 0.15) is 44.6 Å². The molecule has 1 N–H and O–H groups in total. The molecule has 8 rings (SSSR count). The molecule has 1 amide bonds. The van der Waals surface area contributed by atoms with Gasteiger partial charge in [0.1, 0.15) is 40.2 Å². The van der Waals surface area contributed by atoms with Crippen LogP contribution in [-0.2, 0) is 41.8 Å². The Hall–Kier alpha value is -4.71. The van der Waals surface area contributed by atoms with Gasteiger partial charge in [0.2, 0.25) is 5.91 Å². The molecule has 0 saturated carbocycles. The lowest BCUT2D eigenvalue weighted by atomic mass is 9.94. The Bertz CT molecular complexity index is 2390. The summed E-state index contributed by atoms with van der Waals surface area (Å²) in [5.41, 5.74) is 7.92. The fraction of sp³-hybridized carbons (Fsp3) is 0.227. The van der Waals surface area contributed by atoms with Crippen LogP contribution in [0.5, 0.6) is 17.2 Å². The van der Waals surface area contributed by atoms with Crippen molar-refractivity contribution in [2.24, 2.45) is 0 Å². The molecule has 0 radical (unpaired) electrons. The number of halogens is 2. The van der Waals surface area contributed by atoms with E-state index in [0.717, 1.165) is 44.0 Å². The molecule has 56 heavy (non-hydrogen) atoms. The second-order valence-corrected chi connectivity index (χ2v) is 17.5. The van der Waals surface area contributed by atoms with Crippen molar-refractivity contribution in [3.05, 3.63) is 158 Å². The van der Waals surface area contributed by atoms with Gasteiger partial charge in [-0.2, -0.15) is 0 Å². The number of aromatic nitrogens is 1. The first-order valence-electron chi connectivity index (χ1n) is 18.3. The van der Waals surface area contributed by atoms with Crippen LogP contribution in [-0.4, -0.2) is 38.6 Å². The van der Waals surface area contributed by atoms with Crippen molar-refractivity contribution in [3.63, 3.8) is 0 Å². The lowest BCUT2D eigenvalue weighted by Gasteiger charge is -2.36. The number of benzene rings is 5. The summed E-state index contributed by atoms with van der Waals surface area (Å²) >= 11 is 13.6. The minimum Gasteiger partial charge on any atom is -0.489 e. The highest BCUT2D eigenvalue weighted by atomic mass is 35.5. The summed E-state index contributed by atoms with van der Waals surface area (Å²) in [4.78, 5) is 18.5. The Labute approximate surface area is 343 Å². The lowest BCUT2D eigenvalue weighted by Crippen LogP contribution is -2.51. The average molecular weight is 825 g/mol. The fourth-order valence-electron chi connectivity index (χ4n) is 6.99. The summed E-state index contributed by atoms with van der Waals surface area (Å²) in [5.74, 6) is 1.78. The molecule has 6 aromatic rings. The van der Waals surface area contributed by atoms with Gasteiger partial charge in [0.15, 0.2) is 17.6 Å². The summed E-state index contributed by atoms with van der Waals surface area (Å²) < 4.78 is 35.4. The van der Waals surface area contributed by atoms with Crippen molar-refractivity contribution >= 4 is 51.4 Å². The van der Waals surface area contributed by atoms with Crippen molar-refractivity contribution < 1.29 is 23.2 Å². The third-order valence-corrected chi connectivity index (χ3v) is 13.7. The first-order valence-corrected chi connectivity index (χ1v) is 21.0. The van der Waals surface area contributed by atoms with Crippen LogP contribution in [0.3, 0.4) is 0 Å². The molecule has 0 bridgehead atoms. The molecule has 0 aliphatic carbocycles. The second-order valence-electron chi connectivity index (χ2n) is 13.8. The van der Waals surface area contributed by atoms with E-state index in [2.05, 4.69) is 46.7 Å². The molecular weight excluding hydrogens is 786 g/mol. The van der Waals surface area contributed by atoms with Crippen LogP contribution in [0.4, 0.5) is 0 Å². The number of hydrogen-bond acceptors (Lipinski definition) is 7. The van der Waals surface area contributed by atoms with Crippen molar-refractivity contribution in [2.75, 3.05) is 13.2 Å². The molecule has 0 saturated heterocycles. The molecule has 1 aromatic heterocycles. The van der Waals surface area contributed by atoms with Gasteiger partial charge >= 0.3 is 0 Å². The maximum absolute atomic E-state index is 14.3. The van der Waals surface area contributed by atoms with Gasteiger partial charge in [-0.15, -0.1) is 11.3 Å². The largest absolute Gasteiger partial charge is 0.489 e. The molecular formula is C44H39Cl2N3O5S2. The number of amides is 1. The number of nitrogens with zero attached hydrogens (tertiary/aromatic N) is 2. The number of fused-ring (bicyclic) bond motifs is 2. The predicted molar refractivity (Wildman–Crippen MR) is 222 cm³/mol. The Morgan fingerprint density at radius 2 is 1.62 bits per heavy atom. The molecule has 2 aliphatic heterocycles. The zero-order valence-corrected chi connectivity index (χ0v) is 33.9. The molecule has 286 valence electrons. The summed E-state index contributed by atoms with van der Waals surface area (Å²) in [6, 6.07) is 35.1. The van der Waals surface area contributed by atoms with Crippen LogP contribution in [0.2, 0.25) is 10.0 Å². The van der Waals surface area contributed by atoms with Crippen molar-refractivity contribution in [1.29, 1.82) is 0 Å². The standard InChI is InChI=1S/C44H39Cl2N3O5S2/c1-27-44(55-28(2)48-27)56(51)49-24-35-23-41-40(53-26-42(54-41)33-13-15-36(16-14-33)52-25-30-10-17-37(45)38(46)20-30)22-34(35)21-39(49)43(50)47-19-18-29-8-11-32(12-9-29)31-6-4-3-5-7-31/h3-17,20,22-23,39,42H,18-19,21,24-26H2,1-2H3,(H,47,50). The monoisotopic (exact) mass is 823 g/mol. The van der Waals surface area contributed by atoms with E-state index in [1.54, 1.807) is 16.4 Å². The maximum Gasteiger partial charge on any atom is 0.238 e. The molecule has 12 heteroatoms. The van der Waals surface area contributed by atoms with Gasteiger partial charge < -0.3 is 19.5 Å². The van der Waals surface area contributed by atoms with Crippen LogP contribution in [0, 0.1) is 13.8 Å². The van der Waals surface area contributed by atoms with Gasteiger partial charge in [-0.1, -0.05) is 96.0 Å². The molecule has 3 atom stereocenters. The molecule has 3 unspecified atom stereocenters. The van der Waals surface area contributed by atoms with E-state index in [-0.39, 0.29) is 12.0 Å². The van der Waals surface area contributed by atoms with Crippen molar-refractivity contribution in [2.45, 2.75) is 56.2 Å². The van der Waals surface area contributed by atoms with Crippen LogP contribution >= 0.6 is 34.5 Å². The van der Waals surface area contributed by atoms with Gasteiger partial charge in [0.05, 0.1) is 20.7 Å². The predicted octanol–water partition coefficient (Wildman–Crippen LogP) is 9.63. The molecule has 0 spiro atoms. The van der Waals surface area contributed by atoms with Crippen LogP contribution in [0.25, 0.3) is 11.1 Å². The number of carbonyl (C=O) groups is 1. The third-order valence-electron chi connectivity index (χ3n) is 9.96. The van der Waals surface area contributed by atoms with Gasteiger partial charge in [-0.3, -0.25) is 4.79 Å². The molecule has 2 aliphatic rings. The zero-order chi connectivity index (χ0) is 38.8. The summed E-state index contributed by atoms with van der Waals surface area (Å²) in [6.07, 6.45) is 0.711. The van der Waals surface area contributed by atoms with E-state index in [4.69, 9.17) is 37.4 Å².